The Morgan fingerprint density at radius 1 is 1.47 bits per heavy atom. The number of imide groups is 1. The number of carbonyl (C=O) groups excluding carboxylic acids is 2. The van der Waals surface area contributed by atoms with Crippen molar-refractivity contribution in [3.8, 4) is 6.07 Å². The van der Waals surface area contributed by atoms with Gasteiger partial charge in [-0.15, -0.1) is 0 Å². The first kappa shape index (κ1) is 14.6. The minimum Gasteiger partial charge on any atom is -0.478 e. The lowest BCUT2D eigenvalue weighted by molar-refractivity contribution is -0.131. The fourth-order valence-electron chi connectivity index (χ4n) is 0.924. The molecular formula is C10H13N3O4. The molecule has 0 bridgehead atoms. The molecule has 0 aliphatic heterocycles. The Hall–Kier alpha value is -2.36. The highest BCUT2D eigenvalue weighted by atomic mass is 16.4. The first-order valence-electron chi connectivity index (χ1n) is 4.73. The molecule has 0 saturated carbocycles. The van der Waals surface area contributed by atoms with Crippen LogP contribution in [0.1, 0.15) is 6.92 Å². The molecular weight excluding hydrogens is 226 g/mol. The summed E-state index contributed by atoms with van der Waals surface area (Å²) in [5, 5.41) is 18.8. The Bertz CT molecular complexity index is 384. The molecule has 3 amide bonds. The van der Waals surface area contributed by atoms with Crippen LogP contribution in [0.4, 0.5) is 4.79 Å². The summed E-state index contributed by atoms with van der Waals surface area (Å²) in [6.45, 7) is 1.81. The van der Waals surface area contributed by atoms with E-state index in [-0.39, 0.29) is 12.5 Å². The highest BCUT2D eigenvalue weighted by molar-refractivity contribution is 6.02. The molecule has 1 unspecified atom stereocenters. The fraction of sp³-hybridized carbons (Fsp3) is 0.400. The summed E-state index contributed by atoms with van der Waals surface area (Å²) in [5.41, 5.74) is 0. The van der Waals surface area contributed by atoms with Gasteiger partial charge in [0, 0.05) is 25.7 Å². The molecule has 0 heterocycles. The minimum absolute atomic E-state index is 0.179. The van der Waals surface area contributed by atoms with Crippen molar-refractivity contribution in [3.63, 3.8) is 0 Å². The number of hydrogen-bond acceptors (Lipinski definition) is 4. The van der Waals surface area contributed by atoms with Gasteiger partial charge in [0.05, 0.1) is 12.0 Å². The lowest BCUT2D eigenvalue weighted by Crippen LogP contribution is -2.41. The van der Waals surface area contributed by atoms with Gasteiger partial charge in [-0.1, -0.05) is 0 Å². The van der Waals surface area contributed by atoms with Crippen molar-refractivity contribution in [2.75, 3.05) is 13.6 Å². The van der Waals surface area contributed by atoms with Crippen LogP contribution < -0.4 is 5.32 Å². The monoisotopic (exact) mass is 239 g/mol. The summed E-state index contributed by atoms with van der Waals surface area (Å²) < 4.78 is 0. The molecule has 0 aromatic carbocycles. The van der Waals surface area contributed by atoms with E-state index in [2.05, 4.69) is 0 Å². The third-order valence-corrected chi connectivity index (χ3v) is 1.72. The highest BCUT2D eigenvalue weighted by Crippen LogP contribution is 1.95. The van der Waals surface area contributed by atoms with E-state index >= 15 is 0 Å². The van der Waals surface area contributed by atoms with E-state index in [1.54, 1.807) is 6.92 Å². The Kier molecular flexibility index (Phi) is 6.03. The molecule has 0 rings (SSSR count). The summed E-state index contributed by atoms with van der Waals surface area (Å²) in [6, 6.07) is 1.26. The second-order valence-corrected chi connectivity index (χ2v) is 3.38. The Balaban J connectivity index is 4.22. The SMILES string of the molecule is CC(C#N)CN(C)C(=O)NC(=O)/C=C/C(=O)O. The summed E-state index contributed by atoms with van der Waals surface area (Å²) in [6.07, 6.45) is 1.36. The van der Waals surface area contributed by atoms with Gasteiger partial charge in [0.2, 0.25) is 0 Å². The number of nitrogens with zero attached hydrogens (tertiary/aromatic N) is 2. The standard InChI is InChI=1S/C10H13N3O4/c1-7(5-11)6-13(2)10(17)12-8(14)3-4-9(15)16/h3-4,7H,6H2,1-2H3,(H,15,16)(H,12,14,17)/b4-3+. The topological polar surface area (TPSA) is 111 Å². The van der Waals surface area contributed by atoms with Gasteiger partial charge in [0.25, 0.3) is 5.91 Å². The molecule has 0 radical (unpaired) electrons. The van der Waals surface area contributed by atoms with Crippen LogP contribution in [0.25, 0.3) is 0 Å². The maximum Gasteiger partial charge on any atom is 0.328 e. The van der Waals surface area contributed by atoms with Crippen LogP contribution in [0, 0.1) is 17.2 Å². The molecule has 92 valence electrons. The van der Waals surface area contributed by atoms with Gasteiger partial charge in [-0.25, -0.2) is 9.59 Å². The van der Waals surface area contributed by atoms with Gasteiger partial charge in [-0.3, -0.25) is 10.1 Å². The molecule has 0 saturated heterocycles. The van der Waals surface area contributed by atoms with Crippen molar-refractivity contribution in [1.29, 1.82) is 5.26 Å². The van der Waals surface area contributed by atoms with Crippen molar-refractivity contribution in [3.05, 3.63) is 12.2 Å². The number of rotatable bonds is 4. The van der Waals surface area contributed by atoms with Crippen LogP contribution in [-0.2, 0) is 9.59 Å². The number of nitrogens with one attached hydrogen (secondary N) is 1. The van der Waals surface area contributed by atoms with Crippen molar-refractivity contribution in [2.24, 2.45) is 5.92 Å². The van der Waals surface area contributed by atoms with E-state index in [0.29, 0.717) is 6.08 Å². The largest absolute Gasteiger partial charge is 0.478 e. The first-order chi connectivity index (χ1) is 7.86. The molecule has 7 nitrogen and oxygen atoms in total. The van der Waals surface area contributed by atoms with Gasteiger partial charge in [0.15, 0.2) is 0 Å². The van der Waals surface area contributed by atoms with Crippen molar-refractivity contribution in [2.45, 2.75) is 6.92 Å². The van der Waals surface area contributed by atoms with Crippen LogP contribution >= 0.6 is 0 Å². The van der Waals surface area contributed by atoms with E-state index in [1.807, 2.05) is 11.4 Å². The van der Waals surface area contributed by atoms with Crippen LogP contribution in [0.5, 0.6) is 0 Å². The molecule has 0 aliphatic rings. The number of aliphatic carboxylic acids is 1. The van der Waals surface area contributed by atoms with Crippen LogP contribution in [0.2, 0.25) is 0 Å². The minimum atomic E-state index is -1.28. The molecule has 7 heteroatoms. The number of amides is 3. The second kappa shape index (κ2) is 7.00. The van der Waals surface area contributed by atoms with E-state index in [9.17, 15) is 14.4 Å². The molecule has 0 spiro atoms. The van der Waals surface area contributed by atoms with E-state index < -0.39 is 17.9 Å². The van der Waals surface area contributed by atoms with Crippen LogP contribution in [-0.4, -0.2) is 41.5 Å². The molecule has 17 heavy (non-hydrogen) atoms. The number of carboxylic acid groups (broad SMARTS) is 1. The number of carbonyl (C=O) groups is 3. The zero-order chi connectivity index (χ0) is 13.4. The Morgan fingerprint density at radius 2 is 2.06 bits per heavy atom. The number of carboxylic acids is 1. The number of nitriles is 1. The molecule has 0 fully saturated rings. The summed E-state index contributed by atoms with van der Waals surface area (Å²) in [5.74, 6) is -2.46. The third kappa shape index (κ3) is 6.67. The maximum absolute atomic E-state index is 11.4. The average Bonchev–Trinajstić information content (AvgIpc) is 2.25. The summed E-state index contributed by atoms with van der Waals surface area (Å²) in [7, 11) is 1.43. The summed E-state index contributed by atoms with van der Waals surface area (Å²) in [4.78, 5) is 33.7. The predicted octanol–water partition coefficient (Wildman–Crippen LogP) is -0.0451. The number of hydrogen-bond donors (Lipinski definition) is 2. The average molecular weight is 239 g/mol. The first-order valence-corrected chi connectivity index (χ1v) is 4.73. The smallest absolute Gasteiger partial charge is 0.328 e. The second-order valence-electron chi connectivity index (χ2n) is 3.38. The number of urea groups is 1. The summed E-state index contributed by atoms with van der Waals surface area (Å²) >= 11 is 0. The highest BCUT2D eigenvalue weighted by Gasteiger charge is 2.13. The Labute approximate surface area is 98.3 Å². The third-order valence-electron chi connectivity index (χ3n) is 1.72. The quantitative estimate of drug-likeness (QED) is 0.668. The van der Waals surface area contributed by atoms with Gasteiger partial charge in [-0.2, -0.15) is 5.26 Å². The van der Waals surface area contributed by atoms with E-state index in [0.717, 1.165) is 6.08 Å². The van der Waals surface area contributed by atoms with Crippen molar-refractivity contribution in [1.82, 2.24) is 10.2 Å². The molecule has 1 atom stereocenters. The zero-order valence-corrected chi connectivity index (χ0v) is 9.51. The van der Waals surface area contributed by atoms with Crippen LogP contribution in [0.15, 0.2) is 12.2 Å². The van der Waals surface area contributed by atoms with Crippen LogP contribution in [0.3, 0.4) is 0 Å². The van der Waals surface area contributed by atoms with Crippen molar-refractivity contribution < 1.29 is 19.5 Å². The lowest BCUT2D eigenvalue weighted by Gasteiger charge is -2.17. The van der Waals surface area contributed by atoms with Gasteiger partial charge in [-0.05, 0) is 6.92 Å². The molecule has 0 aliphatic carbocycles. The normalized spacial score (nSPS) is 11.6. The lowest BCUT2D eigenvalue weighted by atomic mass is 10.2. The van der Waals surface area contributed by atoms with Gasteiger partial charge < -0.3 is 10.0 Å². The van der Waals surface area contributed by atoms with E-state index in [1.165, 1.54) is 11.9 Å². The zero-order valence-electron chi connectivity index (χ0n) is 9.51. The molecule has 2 N–H and O–H groups in total. The molecule has 0 aromatic heterocycles. The molecule has 0 aromatic rings. The maximum atomic E-state index is 11.4. The van der Waals surface area contributed by atoms with Gasteiger partial charge in [0.1, 0.15) is 0 Å². The van der Waals surface area contributed by atoms with Gasteiger partial charge >= 0.3 is 12.0 Å². The van der Waals surface area contributed by atoms with Crippen molar-refractivity contribution >= 4 is 17.9 Å². The van der Waals surface area contributed by atoms with E-state index in [4.69, 9.17) is 10.4 Å². The fourth-order valence-corrected chi connectivity index (χ4v) is 0.924. The Morgan fingerprint density at radius 3 is 2.53 bits per heavy atom. The predicted molar refractivity (Wildman–Crippen MR) is 57.7 cm³/mol.